The normalized spacial score (nSPS) is 21.1. The molecule has 98 valence electrons. The second-order valence-electron chi connectivity index (χ2n) is 4.81. The first-order chi connectivity index (χ1) is 7.84. The summed E-state index contributed by atoms with van der Waals surface area (Å²) < 4.78 is 0. The Kier molecular flexibility index (Phi) is 6.55. The molecule has 1 unspecified atom stereocenters. The highest BCUT2D eigenvalue weighted by Crippen LogP contribution is 2.14. The average molecular weight is 259 g/mol. The molecule has 0 spiro atoms. The number of likely N-dealkylation sites (tertiary alicyclic amines) is 1. The number of nitrogens with one attached hydrogen (secondary N) is 2. The van der Waals surface area contributed by atoms with Gasteiger partial charge in [0.2, 0.25) is 0 Å². The number of halogens is 1. The van der Waals surface area contributed by atoms with E-state index in [1.54, 1.807) is 6.20 Å². The number of H-pyrrole nitrogens is 1. The van der Waals surface area contributed by atoms with Gasteiger partial charge in [-0.15, -0.1) is 12.4 Å². The van der Waals surface area contributed by atoms with Gasteiger partial charge in [0.25, 0.3) is 0 Å². The second-order valence-corrected chi connectivity index (χ2v) is 4.81. The maximum atomic E-state index is 3.93. The van der Waals surface area contributed by atoms with Gasteiger partial charge in [-0.05, 0) is 31.4 Å². The van der Waals surface area contributed by atoms with E-state index in [1.165, 1.54) is 32.5 Å². The fourth-order valence-corrected chi connectivity index (χ4v) is 2.33. The molecular weight excluding hydrogens is 236 g/mol. The van der Waals surface area contributed by atoms with E-state index in [0.29, 0.717) is 0 Å². The van der Waals surface area contributed by atoms with Crippen LogP contribution in [0.2, 0.25) is 0 Å². The third-order valence-corrected chi connectivity index (χ3v) is 3.22. The van der Waals surface area contributed by atoms with Crippen LogP contribution in [0, 0.1) is 5.92 Å². The van der Waals surface area contributed by atoms with Gasteiger partial charge in [0.05, 0.1) is 0 Å². The molecule has 1 aliphatic rings. The number of nitrogens with zero attached hydrogens (tertiary/aromatic N) is 2. The first-order valence-electron chi connectivity index (χ1n) is 6.26. The van der Waals surface area contributed by atoms with Gasteiger partial charge in [-0.25, -0.2) is 0 Å². The summed E-state index contributed by atoms with van der Waals surface area (Å²) in [5.74, 6) is 0.876. The van der Waals surface area contributed by atoms with Crippen LogP contribution in [0.5, 0.6) is 0 Å². The summed E-state index contributed by atoms with van der Waals surface area (Å²) in [5.41, 5.74) is 1.16. The molecule has 0 bridgehead atoms. The highest BCUT2D eigenvalue weighted by atomic mass is 35.5. The molecule has 0 saturated carbocycles. The predicted molar refractivity (Wildman–Crippen MR) is 72.4 cm³/mol. The van der Waals surface area contributed by atoms with Gasteiger partial charge in [0.1, 0.15) is 0 Å². The molecule has 2 N–H and O–H groups in total. The molecule has 0 aliphatic carbocycles. The van der Waals surface area contributed by atoms with Crippen molar-refractivity contribution in [3.05, 3.63) is 18.0 Å². The summed E-state index contributed by atoms with van der Waals surface area (Å²) in [6, 6.07) is 2.01. The van der Waals surface area contributed by atoms with Crippen molar-refractivity contribution in [1.29, 1.82) is 0 Å². The van der Waals surface area contributed by atoms with Crippen molar-refractivity contribution in [3.63, 3.8) is 0 Å². The van der Waals surface area contributed by atoms with E-state index in [2.05, 4.69) is 27.3 Å². The number of rotatable bonds is 5. The predicted octanol–water partition coefficient (Wildman–Crippen LogP) is 1.65. The SMILES string of the molecule is CC1CCCN(CCNCc2ccn[nH]2)C1.Cl. The fraction of sp³-hybridized carbons (Fsp3) is 0.750. The molecule has 4 nitrogen and oxygen atoms in total. The molecule has 1 aliphatic heterocycles. The van der Waals surface area contributed by atoms with Crippen LogP contribution in [0.4, 0.5) is 0 Å². The molecule has 0 aromatic carbocycles. The van der Waals surface area contributed by atoms with Crippen LogP contribution in [0.25, 0.3) is 0 Å². The number of piperidine rings is 1. The Morgan fingerprint density at radius 3 is 3.18 bits per heavy atom. The molecule has 5 heteroatoms. The average Bonchev–Trinajstić information content (AvgIpc) is 2.77. The zero-order valence-corrected chi connectivity index (χ0v) is 11.3. The molecule has 1 atom stereocenters. The summed E-state index contributed by atoms with van der Waals surface area (Å²) >= 11 is 0. The van der Waals surface area contributed by atoms with Gasteiger partial charge in [-0.3, -0.25) is 5.10 Å². The maximum absolute atomic E-state index is 3.93. The standard InChI is InChI=1S/C12H22N4.ClH/c1-11-3-2-7-16(10-11)8-6-13-9-12-4-5-14-15-12;/h4-5,11,13H,2-3,6-10H2,1H3,(H,14,15);1H. The smallest absolute Gasteiger partial charge is 0.0490 e. The summed E-state index contributed by atoms with van der Waals surface area (Å²) in [7, 11) is 0. The van der Waals surface area contributed by atoms with Gasteiger partial charge in [0.15, 0.2) is 0 Å². The lowest BCUT2D eigenvalue weighted by Crippen LogP contribution is -2.38. The molecule has 1 fully saturated rings. The lowest BCUT2D eigenvalue weighted by molar-refractivity contribution is 0.184. The van der Waals surface area contributed by atoms with Gasteiger partial charge in [-0.2, -0.15) is 5.10 Å². The summed E-state index contributed by atoms with van der Waals surface area (Å²) in [5, 5.41) is 10.3. The van der Waals surface area contributed by atoms with Gasteiger partial charge >= 0.3 is 0 Å². The third-order valence-electron chi connectivity index (χ3n) is 3.22. The van der Waals surface area contributed by atoms with E-state index in [9.17, 15) is 0 Å². The van der Waals surface area contributed by atoms with E-state index in [4.69, 9.17) is 0 Å². The number of aromatic amines is 1. The minimum atomic E-state index is 0. The Morgan fingerprint density at radius 1 is 1.59 bits per heavy atom. The largest absolute Gasteiger partial charge is 0.310 e. The monoisotopic (exact) mass is 258 g/mol. The quantitative estimate of drug-likeness (QED) is 0.790. The van der Waals surface area contributed by atoms with Gasteiger partial charge < -0.3 is 10.2 Å². The molecule has 0 amide bonds. The third kappa shape index (κ3) is 5.06. The van der Waals surface area contributed by atoms with E-state index in [0.717, 1.165) is 24.7 Å². The van der Waals surface area contributed by atoms with E-state index >= 15 is 0 Å². The van der Waals surface area contributed by atoms with E-state index in [-0.39, 0.29) is 12.4 Å². The summed E-state index contributed by atoms with van der Waals surface area (Å²) in [6.45, 7) is 8.01. The van der Waals surface area contributed by atoms with Crippen molar-refractivity contribution in [3.8, 4) is 0 Å². The molecule has 1 aromatic rings. The molecule has 2 heterocycles. The van der Waals surface area contributed by atoms with Crippen molar-refractivity contribution in [2.24, 2.45) is 5.92 Å². The van der Waals surface area contributed by atoms with Gasteiger partial charge in [-0.1, -0.05) is 6.92 Å². The lowest BCUT2D eigenvalue weighted by Gasteiger charge is -2.30. The van der Waals surface area contributed by atoms with Crippen LogP contribution in [0.1, 0.15) is 25.5 Å². The highest BCUT2D eigenvalue weighted by molar-refractivity contribution is 5.85. The van der Waals surface area contributed by atoms with Crippen molar-refractivity contribution < 1.29 is 0 Å². The van der Waals surface area contributed by atoms with Crippen molar-refractivity contribution in [2.45, 2.75) is 26.3 Å². The molecule has 0 radical (unpaired) electrons. The van der Waals surface area contributed by atoms with Crippen LogP contribution in [0.15, 0.2) is 12.3 Å². The molecule has 1 saturated heterocycles. The van der Waals surface area contributed by atoms with Gasteiger partial charge in [0, 0.05) is 38.1 Å². The highest BCUT2D eigenvalue weighted by Gasteiger charge is 2.15. The van der Waals surface area contributed by atoms with Crippen molar-refractivity contribution in [2.75, 3.05) is 26.2 Å². The Bertz CT molecular complexity index is 289. The van der Waals surface area contributed by atoms with Crippen molar-refractivity contribution >= 4 is 12.4 Å². The summed E-state index contributed by atoms with van der Waals surface area (Å²) in [6.07, 6.45) is 4.56. The van der Waals surface area contributed by atoms with Crippen LogP contribution in [-0.2, 0) is 6.54 Å². The number of aromatic nitrogens is 2. The topological polar surface area (TPSA) is 44.0 Å². The van der Waals surface area contributed by atoms with E-state index in [1.807, 2.05) is 6.07 Å². The first-order valence-corrected chi connectivity index (χ1v) is 6.26. The van der Waals surface area contributed by atoms with Crippen LogP contribution in [0.3, 0.4) is 0 Å². The van der Waals surface area contributed by atoms with Crippen LogP contribution in [-0.4, -0.2) is 41.3 Å². The molecule has 2 rings (SSSR count). The number of hydrogen-bond acceptors (Lipinski definition) is 3. The Morgan fingerprint density at radius 2 is 2.47 bits per heavy atom. The Hall–Kier alpha value is -0.580. The Labute approximate surface area is 110 Å². The first kappa shape index (κ1) is 14.5. The fourth-order valence-electron chi connectivity index (χ4n) is 2.33. The van der Waals surface area contributed by atoms with Crippen LogP contribution >= 0.6 is 12.4 Å². The molecule has 17 heavy (non-hydrogen) atoms. The minimum absolute atomic E-state index is 0. The Balaban J connectivity index is 0.00000144. The zero-order chi connectivity index (χ0) is 11.2. The van der Waals surface area contributed by atoms with E-state index < -0.39 is 0 Å². The number of hydrogen-bond donors (Lipinski definition) is 2. The minimum Gasteiger partial charge on any atom is -0.310 e. The molecular formula is C12H23ClN4. The lowest BCUT2D eigenvalue weighted by atomic mass is 10.0. The zero-order valence-electron chi connectivity index (χ0n) is 10.5. The maximum Gasteiger partial charge on any atom is 0.0490 e. The molecule has 1 aromatic heterocycles. The van der Waals surface area contributed by atoms with Crippen LogP contribution < -0.4 is 5.32 Å². The van der Waals surface area contributed by atoms with Crippen molar-refractivity contribution in [1.82, 2.24) is 20.4 Å². The summed E-state index contributed by atoms with van der Waals surface area (Å²) in [4.78, 5) is 2.56. The second kappa shape index (κ2) is 7.69.